The Morgan fingerprint density at radius 1 is 0.895 bits per heavy atom. The molecule has 0 amide bonds. The Kier molecular flexibility index (Phi) is 8.11. The fourth-order valence-corrected chi connectivity index (χ4v) is 2.87. The van der Waals surface area contributed by atoms with E-state index in [4.69, 9.17) is 5.11 Å². The highest BCUT2D eigenvalue weighted by atomic mass is 16.4. The number of rotatable bonds is 3. The van der Waals surface area contributed by atoms with Crippen LogP contribution in [0.15, 0.2) is 0 Å². The highest BCUT2D eigenvalue weighted by molar-refractivity contribution is 5.68. The number of nitrogens with one attached hydrogen (secondary N) is 1. The van der Waals surface area contributed by atoms with E-state index in [1.807, 2.05) is 0 Å². The molecule has 0 aromatic rings. The number of carboxylic acids is 1. The van der Waals surface area contributed by atoms with Crippen LogP contribution in [0.4, 0.5) is 0 Å². The van der Waals surface area contributed by atoms with Gasteiger partial charge in [-0.15, -0.1) is 0 Å². The third-order valence-electron chi connectivity index (χ3n) is 4.18. The van der Waals surface area contributed by atoms with E-state index in [2.05, 4.69) is 5.32 Å². The van der Waals surface area contributed by atoms with Crippen molar-refractivity contribution in [3.8, 4) is 0 Å². The predicted molar refractivity (Wildman–Crippen MR) is 79.4 cm³/mol. The highest BCUT2D eigenvalue weighted by Gasteiger charge is 2.19. The number of hydrogen-bond acceptors (Lipinski definition) is 2. The summed E-state index contributed by atoms with van der Waals surface area (Å²) in [4.78, 5) is 9.70. The lowest BCUT2D eigenvalue weighted by atomic mass is 9.91. The lowest BCUT2D eigenvalue weighted by molar-refractivity contribution is -0.140. The molecule has 2 saturated carbocycles. The van der Waals surface area contributed by atoms with Gasteiger partial charge in [-0.1, -0.05) is 52.4 Å². The molecular weight excluding hydrogens is 238 g/mol. The van der Waals surface area contributed by atoms with Crippen molar-refractivity contribution in [2.45, 2.75) is 90.1 Å². The second-order valence-electron chi connectivity index (χ2n) is 6.33. The number of carboxylic acid groups (broad SMARTS) is 1. The molecule has 19 heavy (non-hydrogen) atoms. The largest absolute Gasteiger partial charge is 0.481 e. The van der Waals surface area contributed by atoms with Crippen molar-refractivity contribution in [2.24, 2.45) is 5.92 Å². The summed E-state index contributed by atoms with van der Waals surface area (Å²) in [6.07, 6.45) is 14.6. The third-order valence-corrected chi connectivity index (χ3v) is 4.18. The monoisotopic (exact) mass is 269 g/mol. The van der Waals surface area contributed by atoms with Gasteiger partial charge in [-0.05, 0) is 25.7 Å². The van der Waals surface area contributed by atoms with Crippen molar-refractivity contribution < 1.29 is 9.90 Å². The maximum absolute atomic E-state index is 9.70. The third kappa shape index (κ3) is 7.56. The van der Waals surface area contributed by atoms with Gasteiger partial charge in [-0.25, -0.2) is 0 Å². The standard InChI is InChI=1S/C12H23N.C4H8O2/c1-3-7-11(8-4-1)13-12-9-5-2-6-10-12;1-3(2)4(5)6/h11-13H,1-10H2;3H,1-2H3,(H,5,6). The van der Waals surface area contributed by atoms with Gasteiger partial charge in [-0.2, -0.15) is 0 Å². The zero-order valence-electron chi connectivity index (χ0n) is 12.7. The Labute approximate surface area is 118 Å². The molecule has 3 heteroatoms. The molecule has 2 aliphatic rings. The summed E-state index contributed by atoms with van der Waals surface area (Å²) in [6, 6.07) is 1.74. The van der Waals surface area contributed by atoms with Crippen LogP contribution < -0.4 is 5.32 Å². The van der Waals surface area contributed by atoms with E-state index in [0.29, 0.717) is 0 Å². The maximum Gasteiger partial charge on any atom is 0.305 e. The second kappa shape index (κ2) is 9.35. The zero-order chi connectivity index (χ0) is 14.1. The summed E-state index contributed by atoms with van der Waals surface area (Å²) in [5.74, 6) is -0.972. The van der Waals surface area contributed by atoms with Crippen molar-refractivity contribution in [1.82, 2.24) is 5.32 Å². The summed E-state index contributed by atoms with van der Waals surface area (Å²) in [6.45, 7) is 3.28. The minimum absolute atomic E-state index is 0.231. The SMILES string of the molecule is C1CCC(NC2CCCCC2)CC1.CC(C)C(=O)O. The molecule has 0 atom stereocenters. The normalized spacial score (nSPS) is 21.8. The summed E-state index contributed by atoms with van der Waals surface area (Å²) in [5.41, 5.74) is 0. The van der Waals surface area contributed by atoms with Gasteiger partial charge in [-0.3, -0.25) is 4.79 Å². The second-order valence-corrected chi connectivity index (χ2v) is 6.33. The van der Waals surface area contributed by atoms with Gasteiger partial charge in [0.15, 0.2) is 0 Å². The predicted octanol–water partition coefficient (Wildman–Crippen LogP) is 3.97. The summed E-state index contributed by atoms with van der Waals surface area (Å²) >= 11 is 0. The average Bonchev–Trinajstić information content (AvgIpc) is 2.41. The molecule has 0 unspecified atom stereocenters. The van der Waals surface area contributed by atoms with Crippen molar-refractivity contribution in [3.63, 3.8) is 0 Å². The van der Waals surface area contributed by atoms with Gasteiger partial charge in [0.05, 0.1) is 5.92 Å². The van der Waals surface area contributed by atoms with Gasteiger partial charge < -0.3 is 10.4 Å². The molecule has 0 heterocycles. The Morgan fingerprint density at radius 3 is 1.47 bits per heavy atom. The van der Waals surface area contributed by atoms with Gasteiger partial charge in [0, 0.05) is 12.1 Å². The van der Waals surface area contributed by atoms with Crippen LogP contribution in [0.5, 0.6) is 0 Å². The molecule has 0 radical (unpaired) electrons. The van der Waals surface area contributed by atoms with Gasteiger partial charge in [0.2, 0.25) is 0 Å². The average molecular weight is 269 g/mol. The quantitative estimate of drug-likeness (QED) is 0.815. The number of carbonyl (C=O) groups is 1. The molecule has 0 aromatic carbocycles. The molecule has 2 fully saturated rings. The first kappa shape index (κ1) is 16.5. The van der Waals surface area contributed by atoms with Gasteiger partial charge in [0.25, 0.3) is 0 Å². The molecule has 2 rings (SSSR count). The van der Waals surface area contributed by atoms with Crippen LogP contribution in [-0.2, 0) is 4.79 Å². The highest BCUT2D eigenvalue weighted by Crippen LogP contribution is 2.22. The molecule has 0 saturated heterocycles. The lowest BCUT2D eigenvalue weighted by Crippen LogP contribution is -2.40. The molecule has 0 bridgehead atoms. The topological polar surface area (TPSA) is 49.3 Å². The molecule has 112 valence electrons. The maximum atomic E-state index is 9.70. The van der Waals surface area contributed by atoms with E-state index in [1.54, 1.807) is 13.8 Å². The minimum atomic E-state index is -0.741. The van der Waals surface area contributed by atoms with Crippen molar-refractivity contribution in [2.75, 3.05) is 0 Å². The van der Waals surface area contributed by atoms with Crippen LogP contribution in [-0.4, -0.2) is 23.2 Å². The van der Waals surface area contributed by atoms with Crippen LogP contribution in [0, 0.1) is 5.92 Å². The molecule has 2 aliphatic carbocycles. The summed E-state index contributed by atoms with van der Waals surface area (Å²) in [5, 5.41) is 11.8. The van der Waals surface area contributed by atoms with E-state index < -0.39 is 5.97 Å². The fraction of sp³-hybridized carbons (Fsp3) is 0.938. The molecule has 3 nitrogen and oxygen atoms in total. The Morgan fingerprint density at radius 2 is 1.21 bits per heavy atom. The van der Waals surface area contributed by atoms with Crippen LogP contribution >= 0.6 is 0 Å². The Balaban J connectivity index is 0.000000258. The van der Waals surface area contributed by atoms with Crippen molar-refractivity contribution in [3.05, 3.63) is 0 Å². The molecule has 0 aromatic heterocycles. The molecule has 2 N–H and O–H groups in total. The Bertz CT molecular complexity index is 225. The molecule has 0 spiro atoms. The first-order valence-corrected chi connectivity index (χ1v) is 8.08. The fourth-order valence-electron chi connectivity index (χ4n) is 2.87. The first-order chi connectivity index (χ1) is 9.09. The zero-order valence-corrected chi connectivity index (χ0v) is 12.7. The van der Waals surface area contributed by atoms with Gasteiger partial charge in [0.1, 0.15) is 0 Å². The van der Waals surface area contributed by atoms with E-state index in [9.17, 15) is 4.79 Å². The molecular formula is C16H31NO2. The smallest absolute Gasteiger partial charge is 0.305 e. The van der Waals surface area contributed by atoms with E-state index >= 15 is 0 Å². The van der Waals surface area contributed by atoms with Crippen LogP contribution in [0.2, 0.25) is 0 Å². The van der Waals surface area contributed by atoms with Crippen molar-refractivity contribution >= 4 is 5.97 Å². The van der Waals surface area contributed by atoms with Crippen molar-refractivity contribution in [1.29, 1.82) is 0 Å². The lowest BCUT2D eigenvalue weighted by Gasteiger charge is -2.30. The van der Waals surface area contributed by atoms with Crippen LogP contribution in [0.3, 0.4) is 0 Å². The van der Waals surface area contributed by atoms with E-state index in [1.165, 1.54) is 64.2 Å². The Hall–Kier alpha value is -0.570. The number of aliphatic carboxylic acids is 1. The molecule has 0 aliphatic heterocycles. The summed E-state index contributed by atoms with van der Waals surface area (Å²) < 4.78 is 0. The minimum Gasteiger partial charge on any atom is -0.481 e. The first-order valence-electron chi connectivity index (χ1n) is 8.08. The number of hydrogen-bond donors (Lipinski definition) is 2. The van der Waals surface area contributed by atoms with Crippen LogP contribution in [0.25, 0.3) is 0 Å². The van der Waals surface area contributed by atoms with Crippen LogP contribution in [0.1, 0.15) is 78.1 Å². The van der Waals surface area contributed by atoms with E-state index in [-0.39, 0.29) is 5.92 Å². The summed E-state index contributed by atoms with van der Waals surface area (Å²) in [7, 11) is 0. The van der Waals surface area contributed by atoms with Gasteiger partial charge >= 0.3 is 5.97 Å². The van der Waals surface area contributed by atoms with E-state index in [0.717, 1.165) is 12.1 Å².